The summed E-state index contributed by atoms with van der Waals surface area (Å²) in [5.74, 6) is 0.592. The zero-order chi connectivity index (χ0) is 16.7. The molecule has 0 aromatic heterocycles. The van der Waals surface area contributed by atoms with Crippen LogP contribution in [0.1, 0.15) is 44.6 Å². The topological polar surface area (TPSA) is 50.4 Å². The van der Waals surface area contributed by atoms with Crippen LogP contribution in [-0.2, 0) is 11.3 Å². The Labute approximate surface area is 139 Å². The highest BCUT2D eigenvalue weighted by molar-refractivity contribution is 5.67. The molecule has 0 radical (unpaired) electrons. The van der Waals surface area contributed by atoms with Gasteiger partial charge in [-0.05, 0) is 55.7 Å². The summed E-state index contributed by atoms with van der Waals surface area (Å²) in [5.41, 5.74) is 1.82. The maximum atomic E-state index is 12.2. The molecule has 2 unspecified atom stereocenters. The number of benzene rings is 1. The maximum absolute atomic E-state index is 12.2. The van der Waals surface area contributed by atoms with Gasteiger partial charge in [-0.2, -0.15) is 0 Å². The van der Waals surface area contributed by atoms with Gasteiger partial charge >= 0.3 is 6.09 Å². The minimum atomic E-state index is -0.316. The van der Waals surface area contributed by atoms with Gasteiger partial charge in [0, 0.05) is 19.3 Å². The number of allylic oxidation sites excluding steroid dienone is 1. The molecule has 1 amide bonds. The summed E-state index contributed by atoms with van der Waals surface area (Å²) in [6.45, 7) is 6.39. The van der Waals surface area contributed by atoms with Gasteiger partial charge in [0.1, 0.15) is 5.60 Å². The minimum absolute atomic E-state index is 0.298. The van der Waals surface area contributed by atoms with Crippen molar-refractivity contribution >= 4 is 11.8 Å². The first-order valence-electron chi connectivity index (χ1n) is 8.45. The van der Waals surface area contributed by atoms with E-state index in [0.717, 1.165) is 43.4 Å². The summed E-state index contributed by atoms with van der Waals surface area (Å²) in [7, 11) is 1.88. The molecule has 23 heavy (non-hydrogen) atoms. The molecule has 1 aliphatic rings. The molecule has 1 saturated carbocycles. The van der Waals surface area contributed by atoms with Crippen LogP contribution in [0.25, 0.3) is 0 Å². The van der Waals surface area contributed by atoms with E-state index in [1.54, 1.807) is 0 Å². The second kappa shape index (κ2) is 8.04. The molecule has 0 bridgehead atoms. The summed E-state index contributed by atoms with van der Waals surface area (Å²) in [6, 6.07) is 7.98. The number of hydrogen-bond donors (Lipinski definition) is 2. The molecule has 0 heterocycles. The van der Waals surface area contributed by atoms with Crippen molar-refractivity contribution in [2.45, 2.75) is 51.2 Å². The van der Waals surface area contributed by atoms with E-state index >= 15 is 0 Å². The second-order valence-electron chi connectivity index (χ2n) is 6.36. The molecular weight excluding hydrogens is 288 g/mol. The molecule has 126 valence electrons. The number of alkyl carbamates (subject to hydrolysis) is 1. The summed E-state index contributed by atoms with van der Waals surface area (Å²) >= 11 is 0. The minimum Gasteiger partial charge on any atom is -0.443 e. The number of anilines is 1. The van der Waals surface area contributed by atoms with Gasteiger partial charge in [-0.1, -0.05) is 25.1 Å². The number of ether oxygens (including phenoxy) is 1. The highest BCUT2D eigenvalue weighted by Gasteiger charge is 2.40. The zero-order valence-corrected chi connectivity index (χ0v) is 14.2. The monoisotopic (exact) mass is 316 g/mol. The fourth-order valence-electron chi connectivity index (χ4n) is 3.32. The van der Waals surface area contributed by atoms with Crippen molar-refractivity contribution in [1.82, 2.24) is 5.32 Å². The Balaban J connectivity index is 1.84. The van der Waals surface area contributed by atoms with Crippen LogP contribution in [0.2, 0.25) is 0 Å². The molecule has 2 rings (SSSR count). The average Bonchev–Trinajstić information content (AvgIpc) is 2.97. The Morgan fingerprint density at radius 1 is 1.43 bits per heavy atom. The second-order valence-corrected chi connectivity index (χ2v) is 6.36. The van der Waals surface area contributed by atoms with Gasteiger partial charge in [0.25, 0.3) is 0 Å². The Morgan fingerprint density at radius 3 is 2.78 bits per heavy atom. The number of nitrogens with one attached hydrogen (secondary N) is 2. The quantitative estimate of drug-likeness (QED) is 0.729. The molecule has 4 heteroatoms. The standard InChI is InChI=1S/C19H28N2O2/c1-4-6-15-11-12-19(5-2,13-15)23-18(22)21-14-16-7-9-17(20-3)10-8-16/h4,7-10,15,20H,1,5-6,11-14H2,2-3H3,(H,21,22). The van der Waals surface area contributed by atoms with E-state index in [9.17, 15) is 4.79 Å². The maximum Gasteiger partial charge on any atom is 0.407 e. The molecule has 4 nitrogen and oxygen atoms in total. The molecular formula is C19H28N2O2. The third kappa shape index (κ3) is 4.75. The van der Waals surface area contributed by atoms with Crippen LogP contribution in [0.3, 0.4) is 0 Å². The molecule has 0 spiro atoms. The van der Waals surface area contributed by atoms with Gasteiger partial charge in [0.2, 0.25) is 0 Å². The van der Waals surface area contributed by atoms with E-state index in [0.29, 0.717) is 12.5 Å². The van der Waals surface area contributed by atoms with Crippen LogP contribution in [0, 0.1) is 5.92 Å². The predicted octanol–water partition coefficient (Wildman–Crippen LogP) is 4.48. The van der Waals surface area contributed by atoms with Crippen LogP contribution < -0.4 is 10.6 Å². The fourth-order valence-corrected chi connectivity index (χ4v) is 3.32. The SMILES string of the molecule is C=CCC1CCC(CC)(OC(=O)NCc2ccc(NC)cc2)C1. The van der Waals surface area contributed by atoms with E-state index in [2.05, 4.69) is 24.1 Å². The number of rotatable bonds is 7. The van der Waals surface area contributed by atoms with Crippen LogP contribution in [-0.4, -0.2) is 18.7 Å². The van der Waals surface area contributed by atoms with Crippen LogP contribution in [0.5, 0.6) is 0 Å². The van der Waals surface area contributed by atoms with E-state index in [4.69, 9.17) is 4.74 Å². The smallest absolute Gasteiger partial charge is 0.407 e. The van der Waals surface area contributed by atoms with Gasteiger partial charge in [-0.25, -0.2) is 4.79 Å². The predicted molar refractivity (Wildman–Crippen MR) is 94.5 cm³/mol. The Kier molecular flexibility index (Phi) is 6.08. The Hall–Kier alpha value is -1.97. The number of amides is 1. The lowest BCUT2D eigenvalue weighted by Crippen LogP contribution is -2.36. The van der Waals surface area contributed by atoms with Crippen LogP contribution in [0.15, 0.2) is 36.9 Å². The molecule has 1 aliphatic carbocycles. The van der Waals surface area contributed by atoms with Gasteiger partial charge in [0.05, 0.1) is 0 Å². The third-order valence-corrected chi connectivity index (χ3v) is 4.80. The van der Waals surface area contributed by atoms with E-state index in [1.165, 1.54) is 0 Å². The van der Waals surface area contributed by atoms with Crippen LogP contribution >= 0.6 is 0 Å². The van der Waals surface area contributed by atoms with Crippen molar-refractivity contribution in [3.8, 4) is 0 Å². The van der Waals surface area contributed by atoms with E-state index in [-0.39, 0.29) is 11.7 Å². The first kappa shape index (κ1) is 17.4. The van der Waals surface area contributed by atoms with Gasteiger partial charge < -0.3 is 15.4 Å². The first-order chi connectivity index (χ1) is 11.1. The largest absolute Gasteiger partial charge is 0.443 e. The van der Waals surface area contributed by atoms with Crippen LogP contribution in [0.4, 0.5) is 10.5 Å². The highest BCUT2D eigenvalue weighted by atomic mass is 16.6. The lowest BCUT2D eigenvalue weighted by atomic mass is 9.95. The molecule has 1 aromatic rings. The van der Waals surface area contributed by atoms with E-state index in [1.807, 2.05) is 37.4 Å². The average molecular weight is 316 g/mol. The highest BCUT2D eigenvalue weighted by Crippen LogP contribution is 2.41. The van der Waals surface area contributed by atoms with Gasteiger partial charge in [0.15, 0.2) is 0 Å². The van der Waals surface area contributed by atoms with E-state index < -0.39 is 0 Å². The number of carbonyl (C=O) groups is 1. The zero-order valence-electron chi connectivity index (χ0n) is 14.2. The van der Waals surface area contributed by atoms with Crippen molar-refractivity contribution < 1.29 is 9.53 Å². The molecule has 2 atom stereocenters. The molecule has 2 N–H and O–H groups in total. The lowest BCUT2D eigenvalue weighted by molar-refractivity contribution is 0.00986. The summed E-state index contributed by atoms with van der Waals surface area (Å²) in [5, 5.41) is 5.94. The van der Waals surface area contributed by atoms with Crippen molar-refractivity contribution in [3.05, 3.63) is 42.5 Å². The van der Waals surface area contributed by atoms with Gasteiger partial charge in [-0.15, -0.1) is 6.58 Å². The Morgan fingerprint density at radius 2 is 2.17 bits per heavy atom. The summed E-state index contributed by atoms with van der Waals surface area (Å²) in [4.78, 5) is 12.2. The number of carbonyl (C=O) groups excluding carboxylic acids is 1. The molecule has 1 fully saturated rings. The van der Waals surface area contributed by atoms with Gasteiger partial charge in [-0.3, -0.25) is 0 Å². The summed E-state index contributed by atoms with van der Waals surface area (Å²) < 4.78 is 5.79. The molecule has 0 aliphatic heterocycles. The van der Waals surface area contributed by atoms with Crippen molar-refractivity contribution in [1.29, 1.82) is 0 Å². The first-order valence-corrected chi connectivity index (χ1v) is 8.45. The molecule has 0 saturated heterocycles. The lowest BCUT2D eigenvalue weighted by Gasteiger charge is -2.28. The number of hydrogen-bond acceptors (Lipinski definition) is 3. The summed E-state index contributed by atoms with van der Waals surface area (Å²) in [6.07, 6.45) is 6.52. The fraction of sp³-hybridized carbons (Fsp3) is 0.526. The van der Waals surface area contributed by atoms with Crippen molar-refractivity contribution in [3.63, 3.8) is 0 Å². The van der Waals surface area contributed by atoms with Crippen molar-refractivity contribution in [2.24, 2.45) is 5.92 Å². The molecule has 1 aromatic carbocycles. The Bertz CT molecular complexity index is 527. The van der Waals surface area contributed by atoms with Crippen molar-refractivity contribution in [2.75, 3.05) is 12.4 Å². The normalized spacial score (nSPS) is 23.3. The third-order valence-electron chi connectivity index (χ3n) is 4.80.